The van der Waals surface area contributed by atoms with Crippen LogP contribution in [0.4, 0.5) is 0 Å². The number of nitrogens with zero attached hydrogens (tertiary/aromatic N) is 2. The molecule has 292 valence electrons. The van der Waals surface area contributed by atoms with E-state index in [-0.39, 0.29) is 0 Å². The summed E-state index contributed by atoms with van der Waals surface area (Å²) in [5, 5.41) is 11.0. The molecule has 63 heavy (non-hydrogen) atoms. The molecule has 14 rings (SSSR count). The van der Waals surface area contributed by atoms with Crippen molar-refractivity contribution in [3.05, 3.63) is 194 Å². The first kappa shape index (κ1) is 35.3. The maximum Gasteiger partial charge on any atom is 0.143 e. The molecule has 14 aromatic rings. The lowest BCUT2D eigenvalue weighted by molar-refractivity contribution is 1.46. The molecule has 0 amide bonds. The molecule has 0 aliphatic heterocycles. The molecule has 0 saturated carbocycles. The Balaban J connectivity index is 0.973. The van der Waals surface area contributed by atoms with Gasteiger partial charge in [0.05, 0.1) is 11.0 Å². The van der Waals surface area contributed by atoms with E-state index in [0.29, 0.717) is 0 Å². The fraction of sp³-hybridized carbons (Fsp3) is 0. The van der Waals surface area contributed by atoms with Crippen LogP contribution in [0.5, 0.6) is 0 Å². The number of rotatable bonds is 4. The van der Waals surface area contributed by atoms with Gasteiger partial charge in [0.2, 0.25) is 0 Å². The summed E-state index contributed by atoms with van der Waals surface area (Å²) in [4.78, 5) is 11.9. The highest BCUT2D eigenvalue weighted by Gasteiger charge is 2.18. The van der Waals surface area contributed by atoms with E-state index in [4.69, 9.17) is 9.97 Å². The lowest BCUT2D eigenvalue weighted by Gasteiger charge is -2.14. The van der Waals surface area contributed by atoms with Crippen LogP contribution in [0.15, 0.2) is 194 Å². The van der Waals surface area contributed by atoms with Crippen LogP contribution in [-0.4, -0.2) is 9.97 Å². The van der Waals surface area contributed by atoms with Crippen LogP contribution < -0.4 is 0 Å². The van der Waals surface area contributed by atoms with Crippen molar-refractivity contribution in [2.45, 2.75) is 0 Å². The SMILES string of the molecule is c1cc(-c2ccc3c(c2)c2cc(-c4cccc(-c5cccc6c5sc5ccccc56)c4)ccc2c2nc4c(nc32)sc2ccccc24)cc(-c2cccc3c2sc2ccccc23)c1. The zero-order valence-corrected chi connectivity index (χ0v) is 36.0. The monoisotopic (exact) mass is 852 g/mol. The Kier molecular flexibility index (Phi) is 7.63. The van der Waals surface area contributed by atoms with Gasteiger partial charge in [-0.1, -0.05) is 152 Å². The molecule has 0 atom stereocenters. The number of thiophene rings is 3. The van der Waals surface area contributed by atoms with Gasteiger partial charge in [0, 0.05) is 61.2 Å². The zero-order valence-electron chi connectivity index (χ0n) is 33.6. The Morgan fingerprint density at radius 1 is 0.254 bits per heavy atom. The van der Waals surface area contributed by atoms with Crippen LogP contribution in [0.25, 0.3) is 138 Å². The minimum atomic E-state index is 0.941. The predicted octanol–water partition coefficient (Wildman–Crippen LogP) is 17.7. The average molecular weight is 853 g/mol. The van der Waals surface area contributed by atoms with E-state index in [1.54, 1.807) is 11.3 Å². The summed E-state index contributed by atoms with van der Waals surface area (Å²) in [6, 6.07) is 71.4. The van der Waals surface area contributed by atoms with E-state index in [9.17, 15) is 0 Å². The highest BCUT2D eigenvalue weighted by atomic mass is 32.1. The third kappa shape index (κ3) is 5.41. The number of hydrogen-bond donors (Lipinski definition) is 0. The zero-order chi connectivity index (χ0) is 41.2. The van der Waals surface area contributed by atoms with Crippen LogP contribution >= 0.6 is 34.0 Å². The predicted molar refractivity (Wildman–Crippen MR) is 275 cm³/mol. The summed E-state index contributed by atoms with van der Waals surface area (Å²) < 4.78 is 6.50. The van der Waals surface area contributed by atoms with E-state index in [1.165, 1.54) is 100 Å². The second-order valence-corrected chi connectivity index (χ2v) is 19.6. The second-order valence-electron chi connectivity index (χ2n) is 16.4. The number of fused-ring (bicyclic) bond motifs is 15. The fourth-order valence-corrected chi connectivity index (χ4v) is 13.4. The summed E-state index contributed by atoms with van der Waals surface area (Å²) in [5.74, 6) is 0. The van der Waals surface area contributed by atoms with Crippen LogP contribution in [0.1, 0.15) is 0 Å². The molecule has 2 nitrogen and oxygen atoms in total. The number of hydrogen-bond acceptors (Lipinski definition) is 5. The molecule has 0 radical (unpaired) electrons. The standard InChI is InChI=1S/C58H32N2S3/c1-4-22-50-41(15-1)45-20-9-18-39(56(45)61-50)37-13-7-11-33(29-37)35-25-27-43-48(31-35)49-32-36(26-28-44(49)54-53(43)59-55-47-17-3-6-24-52(47)63-58(55)60-54)34-12-8-14-38(30-34)40-19-10-21-46-42-16-2-5-23-51(42)62-57(40)46/h1-32H. The molecule has 0 N–H and O–H groups in total. The van der Waals surface area contributed by atoms with Crippen molar-refractivity contribution in [1.29, 1.82) is 0 Å². The third-order valence-electron chi connectivity index (χ3n) is 12.9. The summed E-state index contributed by atoms with van der Waals surface area (Å²) in [5.41, 5.74) is 12.6. The van der Waals surface area contributed by atoms with Gasteiger partial charge in [0.25, 0.3) is 0 Å². The lowest BCUT2D eigenvalue weighted by Crippen LogP contribution is -1.91. The van der Waals surface area contributed by atoms with E-state index < -0.39 is 0 Å². The molecule has 4 heterocycles. The van der Waals surface area contributed by atoms with Crippen molar-refractivity contribution in [2.24, 2.45) is 0 Å². The summed E-state index contributed by atoms with van der Waals surface area (Å²) in [6.07, 6.45) is 0. The number of benzene rings is 10. The summed E-state index contributed by atoms with van der Waals surface area (Å²) >= 11 is 5.48. The van der Waals surface area contributed by atoms with E-state index in [2.05, 4.69) is 194 Å². The van der Waals surface area contributed by atoms with E-state index in [1.807, 2.05) is 22.7 Å². The van der Waals surface area contributed by atoms with Crippen LogP contribution in [0.3, 0.4) is 0 Å². The van der Waals surface area contributed by atoms with Crippen molar-refractivity contribution in [3.8, 4) is 44.5 Å². The fourth-order valence-electron chi connectivity index (χ4n) is 9.89. The lowest BCUT2D eigenvalue weighted by atomic mass is 9.92. The van der Waals surface area contributed by atoms with Crippen LogP contribution in [-0.2, 0) is 0 Å². The average Bonchev–Trinajstić information content (AvgIpc) is 4.04. The Hall–Kier alpha value is -7.28. The molecule has 0 aliphatic carbocycles. The van der Waals surface area contributed by atoms with E-state index >= 15 is 0 Å². The molecule has 0 spiro atoms. The van der Waals surface area contributed by atoms with Crippen molar-refractivity contribution < 1.29 is 0 Å². The van der Waals surface area contributed by atoms with Gasteiger partial charge >= 0.3 is 0 Å². The largest absolute Gasteiger partial charge is 0.242 e. The summed E-state index contributed by atoms with van der Waals surface area (Å²) in [7, 11) is 0. The molecule has 0 aliphatic rings. The molecular formula is C58H32N2S3. The van der Waals surface area contributed by atoms with Gasteiger partial charge in [-0.3, -0.25) is 0 Å². The quantitative estimate of drug-likeness (QED) is 0.165. The Labute approximate surface area is 373 Å². The first-order valence-electron chi connectivity index (χ1n) is 21.2. The highest BCUT2D eigenvalue weighted by molar-refractivity contribution is 7.27. The van der Waals surface area contributed by atoms with Gasteiger partial charge in [0.1, 0.15) is 10.3 Å². The Morgan fingerprint density at radius 2 is 0.683 bits per heavy atom. The first-order valence-corrected chi connectivity index (χ1v) is 23.7. The van der Waals surface area contributed by atoms with Gasteiger partial charge in [0.15, 0.2) is 0 Å². The minimum Gasteiger partial charge on any atom is -0.242 e. The third-order valence-corrected chi connectivity index (χ3v) is 16.4. The normalized spacial score (nSPS) is 12.1. The van der Waals surface area contributed by atoms with Crippen molar-refractivity contribution in [3.63, 3.8) is 0 Å². The molecule has 4 aromatic heterocycles. The van der Waals surface area contributed by atoms with Crippen LogP contribution in [0, 0.1) is 0 Å². The molecule has 0 fully saturated rings. The highest BCUT2D eigenvalue weighted by Crippen LogP contribution is 2.45. The van der Waals surface area contributed by atoms with Crippen molar-refractivity contribution in [2.75, 3.05) is 0 Å². The van der Waals surface area contributed by atoms with Gasteiger partial charge in [-0.2, -0.15) is 0 Å². The Bertz CT molecular complexity index is 4230. The molecule has 0 unspecified atom stereocenters. The second kappa shape index (κ2) is 13.6. The molecule has 10 aromatic carbocycles. The first-order chi connectivity index (χ1) is 31.2. The van der Waals surface area contributed by atoms with Gasteiger partial charge < -0.3 is 0 Å². The van der Waals surface area contributed by atoms with Crippen LogP contribution in [0.2, 0.25) is 0 Å². The maximum absolute atomic E-state index is 5.46. The van der Waals surface area contributed by atoms with Gasteiger partial charge in [-0.15, -0.1) is 34.0 Å². The summed E-state index contributed by atoms with van der Waals surface area (Å²) in [6.45, 7) is 0. The van der Waals surface area contributed by atoms with Gasteiger partial charge in [-0.05, 0) is 97.7 Å². The molecule has 0 bridgehead atoms. The smallest absolute Gasteiger partial charge is 0.143 e. The van der Waals surface area contributed by atoms with E-state index in [0.717, 1.165) is 37.5 Å². The maximum atomic E-state index is 5.46. The van der Waals surface area contributed by atoms with Crippen molar-refractivity contribution in [1.82, 2.24) is 9.97 Å². The molecule has 5 heteroatoms. The topological polar surface area (TPSA) is 25.8 Å². The number of aromatic nitrogens is 2. The van der Waals surface area contributed by atoms with Gasteiger partial charge in [-0.25, -0.2) is 9.97 Å². The molecule has 0 saturated heterocycles. The molecular weight excluding hydrogens is 821 g/mol. The van der Waals surface area contributed by atoms with Crippen molar-refractivity contribution >= 4 is 127 Å². The Morgan fingerprint density at radius 3 is 1.24 bits per heavy atom. The minimum absolute atomic E-state index is 0.941.